The highest BCUT2D eigenvalue weighted by molar-refractivity contribution is 5.83. The predicted octanol–water partition coefficient (Wildman–Crippen LogP) is -0.958. The maximum Gasteiger partial charge on any atom is 0.471 e. The quantitative estimate of drug-likeness (QED) is 0.398. The van der Waals surface area contributed by atoms with Crippen LogP contribution in [0.25, 0.3) is 0 Å². The molecule has 0 aromatic rings. The molecule has 0 aromatic carbocycles. The Labute approximate surface area is 77.5 Å². The highest BCUT2D eigenvalue weighted by Gasteiger charge is 2.51. The molecule has 0 radical (unpaired) electrons. The molecule has 1 aliphatic heterocycles. The average Bonchev–Trinajstić information content (AvgIpc) is 1.97. The lowest BCUT2D eigenvalue weighted by atomic mass is 9.95. The van der Waals surface area contributed by atoms with E-state index in [0.29, 0.717) is 4.90 Å². The summed E-state index contributed by atoms with van der Waals surface area (Å²) >= 11 is 0. The fourth-order valence-corrected chi connectivity index (χ4v) is 1.12. The van der Waals surface area contributed by atoms with Gasteiger partial charge in [-0.2, -0.15) is 13.2 Å². The van der Waals surface area contributed by atoms with Crippen molar-refractivity contribution >= 4 is 5.91 Å². The van der Waals surface area contributed by atoms with Crippen molar-refractivity contribution in [2.45, 2.75) is 11.8 Å². The summed E-state index contributed by atoms with van der Waals surface area (Å²) in [7, 11) is 0. The molecule has 1 heterocycles. The molecule has 0 spiro atoms. The Morgan fingerprint density at radius 3 is 2.36 bits per heavy atom. The first-order chi connectivity index (χ1) is 6.28. The number of rotatable bonds is 0. The Hall–Kier alpha value is -1.42. The minimum absolute atomic E-state index is 0.463. The van der Waals surface area contributed by atoms with Crippen LogP contribution in [0.3, 0.4) is 0 Å². The highest BCUT2D eigenvalue weighted by Crippen LogP contribution is 2.26. The molecule has 3 N–H and O–H groups in total. The summed E-state index contributed by atoms with van der Waals surface area (Å²) in [5.41, 5.74) is 3.20. The first-order valence-corrected chi connectivity index (χ1v) is 3.60. The van der Waals surface area contributed by atoms with Crippen molar-refractivity contribution in [3.8, 4) is 12.0 Å². The Morgan fingerprint density at radius 2 is 2.00 bits per heavy atom. The van der Waals surface area contributed by atoms with Crippen molar-refractivity contribution < 1.29 is 23.1 Å². The monoisotopic (exact) mass is 208 g/mol. The van der Waals surface area contributed by atoms with Crippen LogP contribution < -0.4 is 5.73 Å². The summed E-state index contributed by atoms with van der Waals surface area (Å²) in [5, 5.41) is 9.28. The number of alkyl halides is 3. The van der Waals surface area contributed by atoms with E-state index in [0.717, 1.165) is 0 Å². The third-order valence-corrected chi connectivity index (χ3v) is 1.74. The zero-order chi connectivity index (χ0) is 11.0. The molecular formula is C7H7F3N2O2. The SMILES string of the molecule is NC#CC1(O)CN(C(=O)C(F)(F)F)C1. The van der Waals surface area contributed by atoms with Crippen molar-refractivity contribution in [2.24, 2.45) is 5.73 Å². The van der Waals surface area contributed by atoms with E-state index in [9.17, 15) is 23.1 Å². The molecule has 1 saturated heterocycles. The maximum atomic E-state index is 11.8. The van der Waals surface area contributed by atoms with Gasteiger partial charge in [-0.25, -0.2) is 0 Å². The van der Waals surface area contributed by atoms with Gasteiger partial charge in [0.25, 0.3) is 0 Å². The van der Waals surface area contributed by atoms with Gasteiger partial charge in [-0.1, -0.05) is 0 Å². The first-order valence-electron chi connectivity index (χ1n) is 3.60. The van der Waals surface area contributed by atoms with E-state index in [-0.39, 0.29) is 0 Å². The molecule has 14 heavy (non-hydrogen) atoms. The Kier molecular flexibility index (Phi) is 2.33. The number of hydrogen-bond acceptors (Lipinski definition) is 3. The Balaban J connectivity index is 2.56. The number of hydrogen-bond donors (Lipinski definition) is 2. The smallest absolute Gasteiger partial charge is 0.374 e. The Morgan fingerprint density at radius 1 is 1.50 bits per heavy atom. The molecule has 4 nitrogen and oxygen atoms in total. The number of aliphatic hydroxyl groups is 1. The summed E-state index contributed by atoms with van der Waals surface area (Å²) in [4.78, 5) is 11.0. The van der Waals surface area contributed by atoms with Crippen LogP contribution in [-0.2, 0) is 4.79 Å². The zero-order valence-corrected chi connectivity index (χ0v) is 6.93. The van der Waals surface area contributed by atoms with Gasteiger partial charge in [-0.05, 0) is 5.92 Å². The number of nitrogens with zero attached hydrogens (tertiary/aromatic N) is 1. The molecule has 0 unspecified atom stereocenters. The summed E-state index contributed by atoms with van der Waals surface area (Å²) in [5.74, 6) is 0.145. The van der Waals surface area contributed by atoms with Gasteiger partial charge in [0.1, 0.15) is 0 Å². The van der Waals surface area contributed by atoms with Crippen molar-refractivity contribution in [3.63, 3.8) is 0 Å². The number of carbonyl (C=O) groups excluding carboxylic acids is 1. The first kappa shape index (κ1) is 10.7. The van der Waals surface area contributed by atoms with Crippen LogP contribution in [0.15, 0.2) is 0 Å². The van der Waals surface area contributed by atoms with Gasteiger partial charge in [-0.15, -0.1) is 0 Å². The summed E-state index contributed by atoms with van der Waals surface area (Å²) in [6.45, 7) is -0.926. The lowest BCUT2D eigenvalue weighted by molar-refractivity contribution is -0.198. The lowest BCUT2D eigenvalue weighted by Gasteiger charge is -2.42. The number of carbonyl (C=O) groups is 1. The van der Waals surface area contributed by atoms with E-state index >= 15 is 0 Å². The fourth-order valence-electron chi connectivity index (χ4n) is 1.12. The van der Waals surface area contributed by atoms with Crippen LogP contribution in [0.5, 0.6) is 0 Å². The van der Waals surface area contributed by atoms with E-state index in [1.165, 1.54) is 0 Å². The van der Waals surface area contributed by atoms with Crippen LogP contribution in [0, 0.1) is 12.0 Å². The van der Waals surface area contributed by atoms with Crippen molar-refractivity contribution in [2.75, 3.05) is 13.1 Å². The van der Waals surface area contributed by atoms with Crippen molar-refractivity contribution in [3.05, 3.63) is 0 Å². The van der Waals surface area contributed by atoms with Crippen LogP contribution in [0.2, 0.25) is 0 Å². The summed E-state index contributed by atoms with van der Waals surface area (Å²) in [6, 6.07) is 1.89. The third kappa shape index (κ3) is 1.90. The van der Waals surface area contributed by atoms with Crippen LogP contribution in [0.4, 0.5) is 13.2 Å². The van der Waals surface area contributed by atoms with E-state index in [1.807, 2.05) is 6.04 Å². The normalized spacial score (nSPS) is 19.3. The average molecular weight is 208 g/mol. The molecule has 7 heteroatoms. The van der Waals surface area contributed by atoms with Gasteiger partial charge in [0, 0.05) is 6.04 Å². The molecule has 1 aliphatic rings. The standard InChI is InChI=1S/C7H7F3N2O2/c8-7(9,10)5(13)12-3-6(14,4-12)1-2-11/h14H,3-4,11H2. The van der Waals surface area contributed by atoms with E-state index in [4.69, 9.17) is 5.73 Å². The maximum absolute atomic E-state index is 11.8. The highest BCUT2D eigenvalue weighted by atomic mass is 19.4. The molecule has 78 valence electrons. The molecular weight excluding hydrogens is 201 g/mol. The van der Waals surface area contributed by atoms with Crippen LogP contribution >= 0.6 is 0 Å². The van der Waals surface area contributed by atoms with Crippen LogP contribution in [-0.4, -0.2) is 40.8 Å². The fraction of sp³-hybridized carbons (Fsp3) is 0.571. The van der Waals surface area contributed by atoms with Gasteiger partial charge in [0.15, 0.2) is 5.60 Å². The van der Waals surface area contributed by atoms with Gasteiger partial charge in [0.2, 0.25) is 0 Å². The second-order valence-corrected chi connectivity index (χ2v) is 2.96. The third-order valence-electron chi connectivity index (χ3n) is 1.74. The number of β-amino-alcohol motifs (C(OH)–C–C–N with tert-alkyl or cyclic N) is 1. The Bertz CT molecular complexity index is 309. The molecule has 0 bridgehead atoms. The van der Waals surface area contributed by atoms with Gasteiger partial charge in [0.05, 0.1) is 13.1 Å². The van der Waals surface area contributed by atoms with E-state index in [2.05, 4.69) is 5.92 Å². The predicted molar refractivity (Wildman–Crippen MR) is 39.5 cm³/mol. The number of likely N-dealkylation sites (tertiary alicyclic amines) is 1. The molecule has 1 rings (SSSR count). The van der Waals surface area contributed by atoms with E-state index in [1.54, 1.807) is 0 Å². The van der Waals surface area contributed by atoms with Crippen molar-refractivity contribution in [1.29, 1.82) is 0 Å². The second-order valence-electron chi connectivity index (χ2n) is 2.96. The zero-order valence-electron chi connectivity index (χ0n) is 6.93. The molecule has 1 fully saturated rings. The minimum atomic E-state index is -4.91. The molecule has 0 aromatic heterocycles. The van der Waals surface area contributed by atoms with Gasteiger partial charge < -0.3 is 15.7 Å². The van der Waals surface area contributed by atoms with Gasteiger partial charge in [-0.3, -0.25) is 4.79 Å². The summed E-state index contributed by atoms with van der Waals surface area (Å²) < 4.78 is 35.5. The molecule has 0 saturated carbocycles. The van der Waals surface area contributed by atoms with Crippen molar-refractivity contribution in [1.82, 2.24) is 4.90 Å². The number of halogens is 3. The second kappa shape index (κ2) is 3.06. The lowest BCUT2D eigenvalue weighted by Crippen LogP contribution is -2.65. The molecule has 0 aliphatic carbocycles. The summed E-state index contributed by atoms with van der Waals surface area (Å²) in [6.07, 6.45) is -4.91. The molecule has 1 amide bonds. The minimum Gasteiger partial charge on any atom is -0.374 e. The number of nitrogens with two attached hydrogens (primary N) is 1. The van der Waals surface area contributed by atoms with Crippen LogP contribution in [0.1, 0.15) is 0 Å². The largest absolute Gasteiger partial charge is 0.471 e. The topological polar surface area (TPSA) is 66.6 Å². The van der Waals surface area contributed by atoms with E-state index < -0.39 is 30.8 Å². The van der Waals surface area contributed by atoms with Gasteiger partial charge >= 0.3 is 12.1 Å². The molecule has 0 atom stereocenters. The number of amides is 1.